The predicted octanol–water partition coefficient (Wildman–Crippen LogP) is -20.5. The van der Waals surface area contributed by atoms with E-state index in [0.717, 1.165) is 48.6 Å². The third-order valence-corrected chi connectivity index (χ3v) is 6.36. The van der Waals surface area contributed by atoms with Gasteiger partial charge in [-0.15, -0.1) is 0 Å². The molecule has 0 atom stereocenters. The molecule has 0 radical (unpaired) electrons. The molecule has 12 nitrogen and oxygen atoms in total. The summed E-state index contributed by atoms with van der Waals surface area (Å²) in [4.78, 5) is 71.0. The zero-order chi connectivity index (χ0) is 32.9. The molecule has 3 aromatic carbocycles. The van der Waals surface area contributed by atoms with E-state index in [9.17, 15) is 59.4 Å². The molecule has 0 N–H and O–H groups in total. The van der Waals surface area contributed by atoms with Crippen LogP contribution < -0.4 is 208 Å². The van der Waals surface area contributed by atoms with E-state index in [0.29, 0.717) is 0 Å². The van der Waals surface area contributed by atoms with Crippen LogP contribution in [0.25, 0.3) is 36.5 Å². The maximum absolute atomic E-state index is 12.1. The SMILES string of the molecule is C=Cc1ccc(/C=C/c2ccc(/C=C/c3ccc(C=C)c(C(=O)[O-])c3C(=O)[O-])c(C(=O)[O-])c2C(=O)[O-])c(C(=O)[O-])c1C(=O)[O-].[Na+].[Na+].[Na+].[Na+].[Na+].[Na+]. The van der Waals surface area contributed by atoms with Gasteiger partial charge in [-0.2, -0.15) is 0 Å². The summed E-state index contributed by atoms with van der Waals surface area (Å²) in [6, 6.07) is 6.95. The minimum absolute atomic E-state index is 0. The Morgan fingerprint density at radius 1 is 0.340 bits per heavy atom. The predicted molar refractivity (Wildman–Crippen MR) is 143 cm³/mol. The average molecular weight is 730 g/mol. The molecule has 0 bridgehead atoms. The monoisotopic (exact) mass is 730 g/mol. The minimum Gasteiger partial charge on any atom is -0.545 e. The summed E-state index contributed by atoms with van der Waals surface area (Å²) in [6.45, 7) is 6.81. The van der Waals surface area contributed by atoms with Crippen LogP contribution in [0.1, 0.15) is 95.5 Å². The van der Waals surface area contributed by atoms with Crippen LogP contribution in [-0.4, -0.2) is 35.8 Å². The van der Waals surface area contributed by atoms with Gasteiger partial charge in [0.15, 0.2) is 0 Å². The largest absolute Gasteiger partial charge is 1.00 e. The van der Waals surface area contributed by atoms with Crippen molar-refractivity contribution in [2.75, 3.05) is 0 Å². The van der Waals surface area contributed by atoms with Gasteiger partial charge in [-0.05, 0) is 33.4 Å². The fourth-order valence-corrected chi connectivity index (χ4v) is 4.48. The van der Waals surface area contributed by atoms with Crippen molar-refractivity contribution in [3.63, 3.8) is 0 Å². The Morgan fingerprint density at radius 3 is 0.620 bits per heavy atom. The zero-order valence-corrected chi connectivity index (χ0v) is 40.2. The van der Waals surface area contributed by atoms with Crippen LogP contribution in [0.15, 0.2) is 49.6 Å². The Balaban J connectivity index is -0.00000176. The Kier molecular flexibility index (Phi) is 28.6. The maximum atomic E-state index is 12.1. The molecule has 222 valence electrons. The average Bonchev–Trinajstić information content (AvgIpc) is 2.96. The van der Waals surface area contributed by atoms with Gasteiger partial charge in [0.2, 0.25) is 0 Å². The van der Waals surface area contributed by atoms with Crippen molar-refractivity contribution in [2.45, 2.75) is 0 Å². The van der Waals surface area contributed by atoms with Crippen molar-refractivity contribution in [1.82, 2.24) is 0 Å². The third kappa shape index (κ3) is 13.1. The number of rotatable bonds is 12. The summed E-state index contributed by atoms with van der Waals surface area (Å²) in [5, 5.41) is 71.0. The van der Waals surface area contributed by atoms with E-state index in [-0.39, 0.29) is 211 Å². The van der Waals surface area contributed by atoms with Gasteiger partial charge in [0.1, 0.15) is 0 Å². The second-order valence-electron chi connectivity index (χ2n) is 8.78. The fourth-order valence-electron chi connectivity index (χ4n) is 4.48. The second-order valence-corrected chi connectivity index (χ2v) is 8.78. The van der Waals surface area contributed by atoms with Gasteiger partial charge in [-0.3, -0.25) is 0 Å². The van der Waals surface area contributed by atoms with Crippen LogP contribution in [0.3, 0.4) is 0 Å². The summed E-state index contributed by atoms with van der Waals surface area (Å²) in [5.41, 5.74) is -6.38. The number of carboxylic acid groups (broad SMARTS) is 6. The number of carbonyl (C=O) groups excluding carboxylic acids is 6. The molecule has 0 aliphatic heterocycles. The first-order chi connectivity index (χ1) is 20.7. The van der Waals surface area contributed by atoms with Crippen molar-refractivity contribution >= 4 is 72.3 Å². The minimum atomic E-state index is -2.00. The van der Waals surface area contributed by atoms with E-state index in [1.807, 2.05) is 0 Å². The summed E-state index contributed by atoms with van der Waals surface area (Å²) in [6.07, 6.45) is 6.09. The smallest absolute Gasteiger partial charge is 0.545 e. The Hall–Kier alpha value is -0.560. The van der Waals surface area contributed by atoms with Gasteiger partial charge in [0.25, 0.3) is 0 Å². The van der Waals surface area contributed by atoms with Crippen LogP contribution in [0, 0.1) is 0 Å². The van der Waals surface area contributed by atoms with E-state index in [4.69, 9.17) is 0 Å². The molecular formula is C32H16Na6O12. The number of aromatic carboxylic acids is 6. The molecule has 3 aromatic rings. The van der Waals surface area contributed by atoms with Gasteiger partial charge >= 0.3 is 177 Å². The van der Waals surface area contributed by atoms with Gasteiger partial charge in [-0.25, -0.2) is 0 Å². The topological polar surface area (TPSA) is 241 Å². The summed E-state index contributed by atoms with van der Waals surface area (Å²) in [7, 11) is 0. The van der Waals surface area contributed by atoms with Crippen LogP contribution in [0.4, 0.5) is 0 Å². The van der Waals surface area contributed by atoms with E-state index in [1.165, 1.54) is 24.3 Å². The molecule has 18 heteroatoms. The molecule has 0 saturated heterocycles. The Labute approximate surface area is 418 Å². The second kappa shape index (κ2) is 25.5. The summed E-state index contributed by atoms with van der Waals surface area (Å²) >= 11 is 0. The number of hydrogen-bond donors (Lipinski definition) is 0. The van der Waals surface area contributed by atoms with Gasteiger partial charge in [0.05, 0.1) is 35.8 Å². The Bertz CT molecular complexity index is 1750. The standard InChI is InChI=1S/C32H22O12.6Na/c1-3-15-5-7-17(23(29(37)38)21(15)27(33)34)9-11-19-13-14-20(26(32(43)44)25(19)31(41)42)12-10-18-8-6-16(4-2)22(28(35)36)24(18)30(39)40;;;;;;/h3-14H,1-2H2,(H,33,34)(H,35,36)(H,37,38)(H,39,40)(H,41,42)(H,43,44);;;;;;/q;6*+1/p-6/b11-9+,12-10+;;;;;;. The fraction of sp³-hybridized carbons (Fsp3) is 0. The molecule has 50 heavy (non-hydrogen) atoms. The van der Waals surface area contributed by atoms with Gasteiger partial charge in [-0.1, -0.05) is 86.0 Å². The number of benzene rings is 3. The van der Waals surface area contributed by atoms with Crippen LogP contribution >= 0.6 is 0 Å². The van der Waals surface area contributed by atoms with Crippen molar-refractivity contribution in [3.05, 3.63) is 116 Å². The van der Waals surface area contributed by atoms with E-state index in [1.54, 1.807) is 0 Å². The van der Waals surface area contributed by atoms with Crippen molar-refractivity contribution in [3.8, 4) is 0 Å². The molecule has 0 spiro atoms. The molecule has 0 aliphatic rings. The van der Waals surface area contributed by atoms with Crippen molar-refractivity contribution in [1.29, 1.82) is 0 Å². The molecule has 3 rings (SSSR count). The molecule has 0 fully saturated rings. The van der Waals surface area contributed by atoms with Gasteiger partial charge < -0.3 is 59.4 Å². The zero-order valence-electron chi connectivity index (χ0n) is 28.2. The van der Waals surface area contributed by atoms with E-state index >= 15 is 0 Å². The normalized spacial score (nSPS) is 9.60. The maximum Gasteiger partial charge on any atom is 1.00 e. The van der Waals surface area contributed by atoms with Crippen molar-refractivity contribution in [2.24, 2.45) is 0 Å². The third-order valence-electron chi connectivity index (χ3n) is 6.36. The van der Waals surface area contributed by atoms with E-state index in [2.05, 4.69) is 13.2 Å². The van der Waals surface area contributed by atoms with E-state index < -0.39 is 69.2 Å². The van der Waals surface area contributed by atoms with Crippen LogP contribution in [-0.2, 0) is 0 Å². The molecule has 0 saturated carbocycles. The molecule has 0 heterocycles. The molecular weight excluding hydrogens is 714 g/mol. The van der Waals surface area contributed by atoms with Crippen molar-refractivity contribution < 1.29 is 237 Å². The quantitative estimate of drug-likeness (QED) is 0.125. The first-order valence-electron chi connectivity index (χ1n) is 12.1. The van der Waals surface area contributed by atoms with Crippen LogP contribution in [0.5, 0.6) is 0 Å². The van der Waals surface area contributed by atoms with Gasteiger partial charge in [0, 0.05) is 33.4 Å². The number of carbonyl (C=O) groups is 6. The summed E-state index contributed by atoms with van der Waals surface area (Å²) < 4.78 is 0. The molecule has 0 unspecified atom stereocenters. The van der Waals surface area contributed by atoms with Crippen LogP contribution in [0.2, 0.25) is 0 Å². The summed E-state index contributed by atoms with van der Waals surface area (Å²) in [5.74, 6) is -11.5. The Morgan fingerprint density at radius 2 is 0.480 bits per heavy atom. The first kappa shape index (κ1) is 56.2. The molecule has 0 aromatic heterocycles. The molecule has 0 amide bonds. The number of carboxylic acids is 6. The first-order valence-corrected chi connectivity index (χ1v) is 12.1. The number of hydrogen-bond acceptors (Lipinski definition) is 12. The molecule has 0 aliphatic carbocycles.